The molecule has 3 aromatic heterocycles. The van der Waals surface area contributed by atoms with E-state index in [1.807, 2.05) is 28.0 Å². The average molecular weight is 411 g/mol. The van der Waals surface area contributed by atoms with Crippen LogP contribution in [-0.4, -0.2) is 54.2 Å². The van der Waals surface area contributed by atoms with Crippen LogP contribution in [-0.2, 0) is 11.3 Å². The van der Waals surface area contributed by atoms with Crippen molar-refractivity contribution in [3.05, 3.63) is 24.7 Å². The predicted octanol–water partition coefficient (Wildman–Crippen LogP) is 3.37. The monoisotopic (exact) mass is 410 g/mol. The highest BCUT2D eigenvalue weighted by Crippen LogP contribution is 2.26. The number of carbonyl (C=O) groups is 1. The summed E-state index contributed by atoms with van der Waals surface area (Å²) in [7, 11) is 0. The Bertz CT molecular complexity index is 1020. The van der Waals surface area contributed by atoms with Gasteiger partial charge in [-0.1, -0.05) is 13.8 Å². The number of likely N-dealkylation sites (tertiary alicyclic amines) is 1. The first kappa shape index (κ1) is 20.2. The third kappa shape index (κ3) is 4.39. The van der Waals surface area contributed by atoms with Crippen molar-refractivity contribution in [1.29, 1.82) is 0 Å². The smallest absolute Gasteiger partial charge is 0.231 e. The summed E-state index contributed by atoms with van der Waals surface area (Å²) >= 11 is 0. The van der Waals surface area contributed by atoms with Crippen molar-refractivity contribution in [2.24, 2.45) is 5.92 Å². The summed E-state index contributed by atoms with van der Waals surface area (Å²) in [5, 5.41) is 12.1. The van der Waals surface area contributed by atoms with Crippen LogP contribution in [0.25, 0.3) is 11.0 Å². The van der Waals surface area contributed by atoms with Crippen LogP contribution < -0.4 is 10.6 Å². The van der Waals surface area contributed by atoms with Gasteiger partial charge < -0.3 is 20.5 Å². The van der Waals surface area contributed by atoms with E-state index >= 15 is 0 Å². The Kier molecular flexibility index (Phi) is 5.61. The maximum atomic E-state index is 12.0. The molecule has 3 N–H and O–H groups in total. The second kappa shape index (κ2) is 8.33. The van der Waals surface area contributed by atoms with E-state index < -0.39 is 0 Å². The lowest BCUT2D eigenvalue weighted by atomic mass is 9.99. The zero-order valence-corrected chi connectivity index (χ0v) is 18.0. The molecule has 9 heteroatoms. The largest absolute Gasteiger partial charge is 0.365 e. The lowest BCUT2D eigenvalue weighted by Crippen LogP contribution is -2.49. The first-order valence-corrected chi connectivity index (χ1v) is 10.6. The molecule has 0 unspecified atom stereocenters. The molecule has 1 fully saturated rings. The van der Waals surface area contributed by atoms with Gasteiger partial charge in [0.05, 0.1) is 17.3 Å². The minimum Gasteiger partial charge on any atom is -0.365 e. The van der Waals surface area contributed by atoms with Gasteiger partial charge in [-0.15, -0.1) is 0 Å². The number of aromatic amines is 1. The van der Waals surface area contributed by atoms with E-state index in [9.17, 15) is 4.79 Å². The molecule has 0 spiro atoms. The molecule has 30 heavy (non-hydrogen) atoms. The SMILES string of the molecule is CC(=O)N1C[C@H](Nc2nc(Nc3cnn(CC(C)C)c3)nc3[nH]ccc23)CC[C@@H]1C. The van der Waals surface area contributed by atoms with E-state index in [4.69, 9.17) is 4.98 Å². The lowest BCUT2D eigenvalue weighted by molar-refractivity contribution is -0.132. The summed E-state index contributed by atoms with van der Waals surface area (Å²) < 4.78 is 1.92. The molecule has 0 radical (unpaired) electrons. The Hall–Kier alpha value is -3.10. The Morgan fingerprint density at radius 3 is 2.93 bits per heavy atom. The first-order chi connectivity index (χ1) is 14.4. The van der Waals surface area contributed by atoms with Gasteiger partial charge in [-0.3, -0.25) is 9.48 Å². The summed E-state index contributed by atoms with van der Waals surface area (Å²) in [4.78, 5) is 26.4. The first-order valence-electron chi connectivity index (χ1n) is 10.6. The molecule has 9 nitrogen and oxygen atoms in total. The summed E-state index contributed by atoms with van der Waals surface area (Å²) in [6.07, 6.45) is 7.57. The number of carbonyl (C=O) groups excluding carboxylic acids is 1. The van der Waals surface area contributed by atoms with Crippen molar-refractivity contribution >= 4 is 34.4 Å². The van der Waals surface area contributed by atoms with E-state index in [0.717, 1.165) is 41.9 Å². The number of piperidine rings is 1. The van der Waals surface area contributed by atoms with Gasteiger partial charge in [0.15, 0.2) is 0 Å². The van der Waals surface area contributed by atoms with Crippen LogP contribution in [0.3, 0.4) is 0 Å². The minimum absolute atomic E-state index is 0.115. The van der Waals surface area contributed by atoms with E-state index in [1.165, 1.54) is 0 Å². The van der Waals surface area contributed by atoms with Crippen molar-refractivity contribution in [2.45, 2.75) is 59.2 Å². The molecule has 0 aromatic carbocycles. The molecule has 4 heterocycles. The molecule has 4 rings (SSSR count). The van der Waals surface area contributed by atoms with Crippen molar-refractivity contribution < 1.29 is 4.79 Å². The normalized spacial score (nSPS) is 19.4. The molecule has 160 valence electrons. The maximum Gasteiger partial charge on any atom is 0.231 e. The number of fused-ring (bicyclic) bond motifs is 1. The van der Waals surface area contributed by atoms with Crippen LogP contribution >= 0.6 is 0 Å². The van der Waals surface area contributed by atoms with E-state index in [0.29, 0.717) is 18.4 Å². The Labute approximate surface area is 176 Å². The molecule has 2 atom stereocenters. The zero-order chi connectivity index (χ0) is 21.3. The summed E-state index contributed by atoms with van der Waals surface area (Å²) in [6, 6.07) is 2.40. The average Bonchev–Trinajstić information content (AvgIpc) is 3.32. The predicted molar refractivity (Wildman–Crippen MR) is 118 cm³/mol. The summed E-state index contributed by atoms with van der Waals surface area (Å²) in [5.74, 6) is 1.91. The number of hydrogen-bond acceptors (Lipinski definition) is 6. The molecule has 0 bridgehead atoms. The van der Waals surface area contributed by atoms with Crippen molar-refractivity contribution in [3.8, 4) is 0 Å². The molecule has 0 saturated carbocycles. The second-order valence-corrected chi connectivity index (χ2v) is 8.54. The summed E-state index contributed by atoms with van der Waals surface area (Å²) in [6.45, 7) is 9.60. The highest BCUT2D eigenvalue weighted by Gasteiger charge is 2.27. The van der Waals surface area contributed by atoms with Gasteiger partial charge in [0.25, 0.3) is 0 Å². The fourth-order valence-electron chi connectivity index (χ4n) is 4.00. The van der Waals surface area contributed by atoms with Gasteiger partial charge in [0.2, 0.25) is 11.9 Å². The van der Waals surface area contributed by atoms with Crippen LogP contribution in [0.1, 0.15) is 40.5 Å². The van der Waals surface area contributed by atoms with Crippen molar-refractivity contribution in [1.82, 2.24) is 29.6 Å². The molecule has 0 aliphatic carbocycles. The third-order valence-corrected chi connectivity index (χ3v) is 5.48. The van der Waals surface area contributed by atoms with E-state index in [2.05, 4.69) is 46.5 Å². The van der Waals surface area contributed by atoms with Gasteiger partial charge in [0, 0.05) is 44.5 Å². The Morgan fingerprint density at radius 2 is 2.17 bits per heavy atom. The van der Waals surface area contributed by atoms with E-state index in [-0.39, 0.29) is 18.0 Å². The molecule has 3 aromatic rings. The quantitative estimate of drug-likeness (QED) is 0.576. The number of hydrogen-bond donors (Lipinski definition) is 3. The Morgan fingerprint density at radius 1 is 1.33 bits per heavy atom. The van der Waals surface area contributed by atoms with Crippen LogP contribution in [0, 0.1) is 5.92 Å². The topological polar surface area (TPSA) is 104 Å². The highest BCUT2D eigenvalue weighted by atomic mass is 16.2. The second-order valence-electron chi connectivity index (χ2n) is 8.54. The molecule has 1 saturated heterocycles. The third-order valence-electron chi connectivity index (χ3n) is 5.48. The lowest BCUT2D eigenvalue weighted by Gasteiger charge is -2.38. The zero-order valence-electron chi connectivity index (χ0n) is 18.0. The van der Waals surface area contributed by atoms with Crippen LogP contribution in [0.5, 0.6) is 0 Å². The van der Waals surface area contributed by atoms with Gasteiger partial charge in [0.1, 0.15) is 11.5 Å². The number of nitrogens with zero attached hydrogens (tertiary/aromatic N) is 5. The standard InChI is InChI=1S/C21H30N8O/c1-13(2)10-28-11-17(9-23-28)25-21-26-19-18(7-8-22-19)20(27-21)24-16-6-5-14(3)29(12-16)15(4)30/h7-9,11,13-14,16H,5-6,10,12H2,1-4H3,(H3,22,24,25,26,27)/t14-,16+/m0/s1. The number of amides is 1. The highest BCUT2D eigenvalue weighted by molar-refractivity contribution is 5.88. The molecule has 1 amide bonds. The van der Waals surface area contributed by atoms with Gasteiger partial charge in [-0.25, -0.2) is 0 Å². The van der Waals surface area contributed by atoms with E-state index in [1.54, 1.807) is 13.1 Å². The number of nitrogens with one attached hydrogen (secondary N) is 3. The van der Waals surface area contributed by atoms with Crippen LogP contribution in [0.2, 0.25) is 0 Å². The summed E-state index contributed by atoms with van der Waals surface area (Å²) in [5.41, 5.74) is 1.61. The van der Waals surface area contributed by atoms with Gasteiger partial charge in [-0.05, 0) is 31.7 Å². The number of anilines is 3. The molecule has 1 aliphatic heterocycles. The van der Waals surface area contributed by atoms with Crippen LogP contribution in [0.4, 0.5) is 17.5 Å². The maximum absolute atomic E-state index is 12.0. The Balaban J connectivity index is 1.54. The van der Waals surface area contributed by atoms with Crippen molar-refractivity contribution in [3.63, 3.8) is 0 Å². The van der Waals surface area contributed by atoms with Gasteiger partial charge >= 0.3 is 0 Å². The minimum atomic E-state index is 0.115. The molecule has 1 aliphatic rings. The number of rotatable bonds is 6. The molecular weight excluding hydrogens is 380 g/mol. The number of H-pyrrole nitrogens is 1. The molecular formula is C21H30N8O. The van der Waals surface area contributed by atoms with Gasteiger partial charge in [-0.2, -0.15) is 15.1 Å². The fourth-order valence-corrected chi connectivity index (χ4v) is 4.00. The number of aromatic nitrogens is 5. The van der Waals surface area contributed by atoms with Crippen molar-refractivity contribution in [2.75, 3.05) is 17.2 Å². The van der Waals surface area contributed by atoms with Crippen LogP contribution in [0.15, 0.2) is 24.7 Å². The fraction of sp³-hybridized carbons (Fsp3) is 0.524.